The fraction of sp³-hybridized carbons (Fsp3) is 0.0769. The third kappa shape index (κ3) is 2.57. The summed E-state index contributed by atoms with van der Waals surface area (Å²) < 4.78 is 6.30. The molecule has 0 saturated carbocycles. The Hall–Kier alpha value is -3.52. The van der Waals surface area contributed by atoms with Crippen molar-refractivity contribution in [3.05, 3.63) is 91.0 Å². The maximum atomic E-state index is 6.30. The summed E-state index contributed by atoms with van der Waals surface area (Å²) in [5.41, 5.74) is 7.79. The molecule has 2 nitrogen and oxygen atoms in total. The monoisotopic (exact) mass is 363 g/mol. The van der Waals surface area contributed by atoms with Crippen LogP contribution in [0.1, 0.15) is 0 Å². The van der Waals surface area contributed by atoms with E-state index in [0.29, 0.717) is 0 Å². The van der Waals surface area contributed by atoms with Gasteiger partial charge in [0.2, 0.25) is 0 Å². The molecule has 0 N–H and O–H groups in total. The molecule has 0 aliphatic carbocycles. The number of furan rings is 1. The van der Waals surface area contributed by atoms with Gasteiger partial charge in [0.25, 0.3) is 0 Å². The van der Waals surface area contributed by atoms with Gasteiger partial charge in [0.15, 0.2) is 0 Å². The van der Waals surface area contributed by atoms with Crippen LogP contribution in [0, 0.1) is 0 Å². The number of para-hydroxylation sites is 3. The van der Waals surface area contributed by atoms with Gasteiger partial charge in [-0.1, -0.05) is 84.9 Å². The van der Waals surface area contributed by atoms with Crippen molar-refractivity contribution in [1.82, 2.24) is 0 Å². The summed E-state index contributed by atoms with van der Waals surface area (Å²) in [5.74, 6) is 0. The first-order chi connectivity index (χ1) is 13.7. The van der Waals surface area contributed by atoms with Gasteiger partial charge in [-0.15, -0.1) is 0 Å². The molecule has 4 aromatic carbocycles. The Kier molecular flexibility index (Phi) is 3.91. The van der Waals surface area contributed by atoms with Crippen molar-refractivity contribution in [3.63, 3.8) is 0 Å². The van der Waals surface area contributed by atoms with Gasteiger partial charge in [-0.25, -0.2) is 0 Å². The van der Waals surface area contributed by atoms with Crippen molar-refractivity contribution in [2.75, 3.05) is 19.0 Å². The lowest BCUT2D eigenvalue weighted by Crippen LogP contribution is -2.11. The van der Waals surface area contributed by atoms with E-state index >= 15 is 0 Å². The summed E-state index contributed by atoms with van der Waals surface area (Å²) in [6, 6.07) is 31.7. The van der Waals surface area contributed by atoms with Crippen LogP contribution in [0.25, 0.3) is 44.2 Å². The second kappa shape index (κ2) is 6.58. The topological polar surface area (TPSA) is 16.4 Å². The third-order valence-electron chi connectivity index (χ3n) is 5.26. The predicted octanol–water partition coefficient (Wildman–Crippen LogP) is 6.99. The molecule has 0 bridgehead atoms. The van der Waals surface area contributed by atoms with E-state index in [1.54, 1.807) is 0 Å². The lowest BCUT2D eigenvalue weighted by atomic mass is 9.94. The fourth-order valence-electron chi connectivity index (χ4n) is 4.05. The zero-order chi connectivity index (χ0) is 19.1. The first-order valence-electron chi connectivity index (χ1n) is 9.50. The lowest BCUT2D eigenvalue weighted by Gasteiger charge is -2.22. The fourth-order valence-corrected chi connectivity index (χ4v) is 4.05. The smallest absolute Gasteiger partial charge is 0.143 e. The van der Waals surface area contributed by atoms with E-state index in [9.17, 15) is 0 Å². The summed E-state index contributed by atoms with van der Waals surface area (Å²) in [6.45, 7) is 0. The van der Waals surface area contributed by atoms with Crippen molar-refractivity contribution in [2.45, 2.75) is 0 Å². The minimum Gasteiger partial charge on any atom is -0.455 e. The van der Waals surface area contributed by atoms with E-state index in [-0.39, 0.29) is 0 Å². The van der Waals surface area contributed by atoms with Gasteiger partial charge < -0.3 is 9.32 Å². The zero-order valence-corrected chi connectivity index (χ0v) is 16.0. The molecule has 0 unspecified atom stereocenters. The van der Waals surface area contributed by atoms with E-state index < -0.39 is 0 Å². The van der Waals surface area contributed by atoms with Crippen molar-refractivity contribution >= 4 is 27.6 Å². The highest BCUT2D eigenvalue weighted by Gasteiger charge is 2.18. The van der Waals surface area contributed by atoms with Crippen LogP contribution in [0.2, 0.25) is 0 Å². The Bertz CT molecular complexity index is 1280. The molecule has 1 heterocycles. The van der Waals surface area contributed by atoms with Crippen LogP contribution in [-0.4, -0.2) is 14.1 Å². The van der Waals surface area contributed by atoms with Crippen molar-refractivity contribution in [2.24, 2.45) is 0 Å². The molecule has 0 amide bonds. The van der Waals surface area contributed by atoms with E-state index in [4.69, 9.17) is 4.42 Å². The minimum absolute atomic E-state index is 0.926. The first-order valence-corrected chi connectivity index (χ1v) is 9.50. The van der Waals surface area contributed by atoms with Gasteiger partial charge in [-0.3, -0.25) is 0 Å². The normalized spacial score (nSPS) is 11.2. The first kappa shape index (κ1) is 16.6. The van der Waals surface area contributed by atoms with Crippen LogP contribution < -0.4 is 4.90 Å². The summed E-state index contributed by atoms with van der Waals surface area (Å²) in [4.78, 5) is 2.19. The van der Waals surface area contributed by atoms with E-state index in [0.717, 1.165) is 27.5 Å². The SMILES string of the molecule is CN(C)c1c(-c2ccccc2)cccc1-c1cccc2c1oc1ccccc12. The molecule has 28 heavy (non-hydrogen) atoms. The Morgan fingerprint density at radius 2 is 1.21 bits per heavy atom. The van der Waals surface area contributed by atoms with Crippen molar-refractivity contribution < 1.29 is 4.42 Å². The molecular weight excluding hydrogens is 342 g/mol. The highest BCUT2D eigenvalue weighted by molar-refractivity contribution is 6.11. The average Bonchev–Trinajstić information content (AvgIpc) is 3.12. The molecule has 0 spiro atoms. The number of hydrogen-bond donors (Lipinski definition) is 0. The van der Waals surface area contributed by atoms with Crippen molar-refractivity contribution in [1.29, 1.82) is 0 Å². The Morgan fingerprint density at radius 1 is 0.571 bits per heavy atom. The number of hydrogen-bond acceptors (Lipinski definition) is 2. The second-order valence-electron chi connectivity index (χ2n) is 7.24. The summed E-state index contributed by atoms with van der Waals surface area (Å²) >= 11 is 0. The molecule has 0 fully saturated rings. The molecule has 0 aliphatic heterocycles. The summed E-state index contributed by atoms with van der Waals surface area (Å²) in [7, 11) is 4.20. The quantitative estimate of drug-likeness (QED) is 0.343. The van der Waals surface area contributed by atoms with Gasteiger partial charge >= 0.3 is 0 Å². The molecule has 2 heteroatoms. The number of fused-ring (bicyclic) bond motifs is 3. The molecule has 1 aromatic heterocycles. The zero-order valence-electron chi connectivity index (χ0n) is 16.0. The van der Waals surface area contributed by atoms with Crippen LogP contribution >= 0.6 is 0 Å². The average molecular weight is 363 g/mol. The van der Waals surface area contributed by atoms with E-state index in [1.165, 1.54) is 22.4 Å². The molecule has 5 aromatic rings. The Balaban J connectivity index is 1.83. The number of rotatable bonds is 3. The minimum atomic E-state index is 0.926. The maximum absolute atomic E-state index is 6.30. The molecule has 136 valence electrons. The van der Waals surface area contributed by atoms with E-state index in [1.807, 2.05) is 12.1 Å². The molecule has 0 atom stereocenters. The number of anilines is 1. The maximum Gasteiger partial charge on any atom is 0.143 e. The highest BCUT2D eigenvalue weighted by Crippen LogP contribution is 2.42. The molecule has 0 radical (unpaired) electrons. The summed E-state index contributed by atoms with van der Waals surface area (Å²) in [6.07, 6.45) is 0. The summed E-state index contributed by atoms with van der Waals surface area (Å²) in [5, 5.41) is 2.31. The molecule has 5 rings (SSSR count). The largest absolute Gasteiger partial charge is 0.455 e. The Morgan fingerprint density at radius 3 is 2.04 bits per heavy atom. The van der Waals surface area contributed by atoms with Crippen LogP contribution in [0.3, 0.4) is 0 Å². The van der Waals surface area contributed by atoms with Gasteiger partial charge in [0, 0.05) is 41.6 Å². The predicted molar refractivity (Wildman–Crippen MR) is 119 cm³/mol. The van der Waals surface area contributed by atoms with Gasteiger partial charge in [-0.05, 0) is 11.6 Å². The van der Waals surface area contributed by atoms with Crippen molar-refractivity contribution in [3.8, 4) is 22.3 Å². The second-order valence-corrected chi connectivity index (χ2v) is 7.24. The van der Waals surface area contributed by atoms with Crippen LogP contribution in [0.4, 0.5) is 5.69 Å². The Labute approximate surface area is 164 Å². The highest BCUT2D eigenvalue weighted by atomic mass is 16.3. The van der Waals surface area contributed by atoms with Gasteiger partial charge in [-0.2, -0.15) is 0 Å². The number of nitrogens with zero attached hydrogens (tertiary/aromatic N) is 1. The number of benzene rings is 4. The standard InChI is InChI=1S/C26H21NO/c1-27(2)25-19(18-10-4-3-5-11-18)13-8-14-21(25)23-16-9-15-22-20-12-6-7-17-24(20)28-26(22)23/h3-17H,1-2H3. The molecule has 0 aliphatic rings. The molecule has 0 saturated heterocycles. The molecular formula is C26H21NO. The van der Waals surface area contributed by atoms with Crippen LogP contribution in [0.15, 0.2) is 95.4 Å². The van der Waals surface area contributed by atoms with Crippen LogP contribution in [0.5, 0.6) is 0 Å². The van der Waals surface area contributed by atoms with Gasteiger partial charge in [0.1, 0.15) is 11.2 Å². The van der Waals surface area contributed by atoms with Crippen LogP contribution in [-0.2, 0) is 0 Å². The van der Waals surface area contributed by atoms with E-state index in [2.05, 4.69) is 97.9 Å². The third-order valence-corrected chi connectivity index (χ3v) is 5.26. The lowest BCUT2D eigenvalue weighted by molar-refractivity contribution is 0.670. The van der Waals surface area contributed by atoms with Gasteiger partial charge in [0.05, 0.1) is 5.69 Å².